The van der Waals surface area contributed by atoms with Gasteiger partial charge in [-0.25, -0.2) is 0 Å². The maximum Gasteiger partial charge on any atom is 0.252 e. The minimum atomic E-state index is 0.0631. The van der Waals surface area contributed by atoms with Crippen LogP contribution in [0.4, 0.5) is 102 Å². The van der Waals surface area contributed by atoms with Crippen molar-refractivity contribution in [3.63, 3.8) is 0 Å². The van der Waals surface area contributed by atoms with E-state index in [1.165, 1.54) is 55.8 Å². The lowest BCUT2D eigenvalue weighted by Crippen LogP contribution is -2.61. The van der Waals surface area contributed by atoms with Crippen molar-refractivity contribution < 1.29 is 0 Å². The number of fused-ring (bicyclic) bond motifs is 4. The van der Waals surface area contributed by atoms with Crippen molar-refractivity contribution in [1.82, 2.24) is 0 Å². The van der Waals surface area contributed by atoms with E-state index in [0.29, 0.717) is 5.02 Å². The van der Waals surface area contributed by atoms with E-state index in [1.54, 1.807) is 0 Å². The molecule has 0 fully saturated rings. The van der Waals surface area contributed by atoms with Gasteiger partial charge in [-0.1, -0.05) is 266 Å². The Bertz CT molecular complexity index is 5460. The number of anilines is 18. The van der Waals surface area contributed by atoms with Crippen molar-refractivity contribution in [2.45, 2.75) is 0 Å². The molecule has 8 heteroatoms. The quantitative estimate of drug-likeness (QED) is 0.0892. The predicted octanol–water partition coefficient (Wildman–Crippen LogP) is 25.3. The first-order valence-corrected chi connectivity index (χ1v) is 35.7. The Morgan fingerprint density at radius 3 is 0.962 bits per heavy atom. The molecule has 0 bridgehead atoms. The number of hydrogen-bond donors (Lipinski definition) is 0. The molecule has 104 heavy (non-hydrogen) atoms. The molecule has 6 nitrogen and oxygen atoms in total. The Morgan fingerprint density at radius 2 is 0.490 bits per heavy atom. The SMILES string of the molecule is Clc1c(N(c2ccccc2)c2ccccc2)cccc1N(c1ccc(-c2ccccc2)cc1)c1cccc(N(c2ccccc2)c2ccccc2)c1.c1ccc(-c2ccc(N3c4cc(N(c5ccccc5)c5ccccc5)ccc4B4c5ccccc5N(c5ccccc5)c5cccc3c54)cc2)cc1. The molecule has 494 valence electrons. The summed E-state index contributed by atoms with van der Waals surface area (Å²) in [6, 6.07) is 150. The fraction of sp³-hybridized carbons (Fsp3) is 0. The predicted molar refractivity (Wildman–Crippen MR) is 442 cm³/mol. The molecule has 0 spiro atoms. The molecular formula is C96H70BClN6. The van der Waals surface area contributed by atoms with Crippen LogP contribution in [0.1, 0.15) is 0 Å². The van der Waals surface area contributed by atoms with Crippen molar-refractivity contribution in [2.24, 2.45) is 0 Å². The van der Waals surface area contributed by atoms with E-state index in [-0.39, 0.29) is 6.71 Å². The number of nitrogens with zero attached hydrogens (tertiary/aromatic N) is 6. The van der Waals surface area contributed by atoms with Gasteiger partial charge in [-0.15, -0.1) is 0 Å². The summed E-state index contributed by atoms with van der Waals surface area (Å²) in [5, 5.41) is 0.635. The van der Waals surface area contributed by atoms with E-state index in [1.807, 2.05) is 30.3 Å². The van der Waals surface area contributed by atoms with Gasteiger partial charge in [-0.2, -0.15) is 0 Å². The van der Waals surface area contributed by atoms with Gasteiger partial charge >= 0.3 is 0 Å². The first-order chi connectivity index (χ1) is 51.6. The number of para-hydroxylation sites is 8. The number of benzene rings is 16. The third-order valence-corrected chi connectivity index (χ3v) is 19.9. The van der Waals surface area contributed by atoms with Gasteiger partial charge in [0, 0.05) is 91.0 Å². The summed E-state index contributed by atoms with van der Waals surface area (Å²) in [6.07, 6.45) is 0. The molecule has 16 aromatic rings. The van der Waals surface area contributed by atoms with Crippen molar-refractivity contribution in [3.05, 3.63) is 430 Å². The summed E-state index contributed by atoms with van der Waals surface area (Å²) < 4.78 is 0. The molecule has 0 amide bonds. The maximum absolute atomic E-state index is 7.63. The summed E-state index contributed by atoms with van der Waals surface area (Å²) in [7, 11) is 0. The van der Waals surface area contributed by atoms with Crippen LogP contribution in [-0.2, 0) is 0 Å². The normalized spacial score (nSPS) is 11.6. The Labute approximate surface area is 614 Å². The average molecular weight is 1350 g/mol. The molecule has 2 aliphatic rings. The highest BCUT2D eigenvalue weighted by atomic mass is 35.5. The second-order valence-electron chi connectivity index (χ2n) is 25.8. The zero-order valence-corrected chi connectivity index (χ0v) is 57.8. The topological polar surface area (TPSA) is 19.4 Å². The maximum atomic E-state index is 7.63. The van der Waals surface area contributed by atoms with Crippen LogP contribution < -0.4 is 45.8 Å². The molecule has 0 aromatic heterocycles. The van der Waals surface area contributed by atoms with Crippen LogP contribution in [0.2, 0.25) is 5.02 Å². The van der Waals surface area contributed by atoms with Gasteiger partial charge in [0.25, 0.3) is 6.71 Å². The van der Waals surface area contributed by atoms with Crippen molar-refractivity contribution in [1.29, 1.82) is 0 Å². The standard InChI is InChI=1S/C48H34BN3.C48H36ClN3/c1-5-16-35(17-6-1)36-28-30-40(31-29-36)52-46-27-15-26-45-48(46)49(42-24-13-14-25-44(42)51(45)39-22-11-4-12-23-39)43-33-32-41(34-47(43)52)50(37-18-7-2-8-19-37)38-20-9-3-10-21-38;49-48-46(51(41-24-12-4-13-25-41)42-26-14-5-15-27-42)30-17-31-47(48)52(43-34-32-38(33-35-43)37-18-6-1-7-19-37)45-29-16-28-44(36-45)50(39-20-8-2-9-21-39)40-22-10-3-11-23-40/h1-34H;1-36H. The summed E-state index contributed by atoms with van der Waals surface area (Å²) in [5.74, 6) is 0. The zero-order valence-electron chi connectivity index (χ0n) is 57.1. The van der Waals surface area contributed by atoms with Crippen LogP contribution in [0.25, 0.3) is 22.3 Å². The third kappa shape index (κ3) is 12.6. The molecular weight excluding hydrogens is 1280 g/mol. The van der Waals surface area contributed by atoms with Gasteiger partial charge < -0.3 is 29.4 Å². The fourth-order valence-corrected chi connectivity index (χ4v) is 15.1. The van der Waals surface area contributed by atoms with E-state index in [0.717, 1.165) is 85.2 Å². The van der Waals surface area contributed by atoms with Crippen molar-refractivity contribution in [3.8, 4) is 22.3 Å². The fourth-order valence-electron chi connectivity index (χ4n) is 14.8. The number of halogens is 1. The number of rotatable bonds is 16. The second kappa shape index (κ2) is 29.1. The molecule has 18 rings (SSSR count). The van der Waals surface area contributed by atoms with E-state index in [4.69, 9.17) is 11.6 Å². The molecule has 2 aliphatic heterocycles. The third-order valence-electron chi connectivity index (χ3n) is 19.5. The summed E-state index contributed by atoms with van der Waals surface area (Å²) in [6.45, 7) is 0.0631. The Morgan fingerprint density at radius 1 is 0.202 bits per heavy atom. The molecule has 0 aliphatic carbocycles. The second-order valence-corrected chi connectivity index (χ2v) is 26.1. The lowest BCUT2D eigenvalue weighted by Gasteiger charge is -2.44. The summed E-state index contributed by atoms with van der Waals surface area (Å²) >= 11 is 7.63. The lowest BCUT2D eigenvalue weighted by molar-refractivity contribution is 1.24. The average Bonchev–Trinajstić information content (AvgIpc) is 0.720. The van der Waals surface area contributed by atoms with Crippen molar-refractivity contribution >= 4 is 137 Å². The minimum absolute atomic E-state index is 0.0631. The van der Waals surface area contributed by atoms with Gasteiger partial charge in [-0.3, -0.25) is 0 Å². The van der Waals surface area contributed by atoms with E-state index >= 15 is 0 Å². The molecule has 0 saturated heterocycles. The van der Waals surface area contributed by atoms with Gasteiger partial charge in [-0.05, 0) is 209 Å². The van der Waals surface area contributed by atoms with Crippen LogP contribution in [-0.4, -0.2) is 6.71 Å². The molecule has 0 unspecified atom stereocenters. The van der Waals surface area contributed by atoms with E-state index in [9.17, 15) is 0 Å². The smallest absolute Gasteiger partial charge is 0.252 e. The Hall–Kier alpha value is -13.3. The van der Waals surface area contributed by atoms with Gasteiger partial charge in [0.2, 0.25) is 0 Å². The lowest BCUT2D eigenvalue weighted by atomic mass is 9.33. The monoisotopic (exact) mass is 1350 g/mol. The highest BCUT2D eigenvalue weighted by molar-refractivity contribution is 7.00. The van der Waals surface area contributed by atoms with Crippen LogP contribution >= 0.6 is 11.6 Å². The van der Waals surface area contributed by atoms with Crippen LogP contribution in [0.5, 0.6) is 0 Å². The highest BCUT2D eigenvalue weighted by Gasteiger charge is 2.43. The zero-order chi connectivity index (χ0) is 69.6. The molecule has 0 atom stereocenters. The first-order valence-electron chi connectivity index (χ1n) is 35.3. The van der Waals surface area contributed by atoms with Gasteiger partial charge in [0.1, 0.15) is 0 Å². The Kier molecular flexibility index (Phi) is 17.9. The number of hydrogen-bond acceptors (Lipinski definition) is 6. The van der Waals surface area contributed by atoms with E-state index < -0.39 is 0 Å². The molecule has 2 heterocycles. The largest absolute Gasteiger partial charge is 0.311 e. The molecule has 0 N–H and O–H groups in total. The van der Waals surface area contributed by atoms with Gasteiger partial charge in [0.15, 0.2) is 0 Å². The molecule has 0 radical (unpaired) electrons. The first kappa shape index (κ1) is 64.1. The van der Waals surface area contributed by atoms with Crippen molar-refractivity contribution in [2.75, 3.05) is 29.4 Å². The molecule has 16 aromatic carbocycles. The highest BCUT2D eigenvalue weighted by Crippen LogP contribution is 2.50. The van der Waals surface area contributed by atoms with Gasteiger partial charge in [0.05, 0.1) is 16.4 Å². The van der Waals surface area contributed by atoms with Crippen LogP contribution in [0, 0.1) is 0 Å². The summed E-state index contributed by atoms with van der Waals surface area (Å²) in [4.78, 5) is 14.0. The van der Waals surface area contributed by atoms with Crippen LogP contribution in [0.3, 0.4) is 0 Å². The summed E-state index contributed by atoms with van der Waals surface area (Å²) in [5.41, 5.74) is 28.0. The minimum Gasteiger partial charge on any atom is -0.311 e. The Balaban J connectivity index is 0.000000154. The van der Waals surface area contributed by atoms with Crippen LogP contribution in [0.15, 0.2) is 425 Å². The van der Waals surface area contributed by atoms with E-state index in [2.05, 4.69) is 424 Å². The molecule has 0 saturated carbocycles.